The van der Waals surface area contributed by atoms with Crippen LogP contribution in [0.15, 0.2) is 24.5 Å². The van der Waals surface area contributed by atoms with Crippen molar-refractivity contribution in [3.05, 3.63) is 30.1 Å². The molecule has 1 aliphatic rings. The zero-order valence-corrected chi connectivity index (χ0v) is 14.2. The Labute approximate surface area is 141 Å². The Hall–Kier alpha value is -2.57. The van der Waals surface area contributed by atoms with E-state index in [1.807, 2.05) is 36.7 Å². The molecule has 24 heavy (non-hydrogen) atoms. The van der Waals surface area contributed by atoms with Crippen LogP contribution in [0.3, 0.4) is 0 Å². The first kappa shape index (κ1) is 16.3. The van der Waals surface area contributed by atoms with E-state index in [9.17, 15) is 9.59 Å². The number of fused-ring (bicyclic) bond motifs is 1. The number of carbonyl (C=O) groups is 2. The van der Waals surface area contributed by atoms with Gasteiger partial charge in [0.05, 0.1) is 17.4 Å². The van der Waals surface area contributed by atoms with E-state index in [1.54, 1.807) is 16.1 Å². The van der Waals surface area contributed by atoms with Gasteiger partial charge in [0.25, 0.3) is 5.91 Å². The normalized spacial score (nSPS) is 14.9. The Morgan fingerprint density at radius 1 is 1.17 bits per heavy atom. The lowest BCUT2D eigenvalue weighted by atomic mass is 10.1. The van der Waals surface area contributed by atoms with Crippen LogP contribution in [0.2, 0.25) is 0 Å². The number of amides is 3. The number of hydrogen-bond donors (Lipinski definition) is 1. The zero-order chi connectivity index (χ0) is 17.1. The highest BCUT2D eigenvalue weighted by molar-refractivity contribution is 5.97. The van der Waals surface area contributed by atoms with Crippen molar-refractivity contribution in [1.82, 2.24) is 24.7 Å². The summed E-state index contributed by atoms with van der Waals surface area (Å²) >= 11 is 0. The first-order chi connectivity index (χ1) is 11.6. The van der Waals surface area contributed by atoms with Crippen LogP contribution in [-0.2, 0) is 7.05 Å². The summed E-state index contributed by atoms with van der Waals surface area (Å²) in [6.07, 6.45) is 2.66. The van der Waals surface area contributed by atoms with Gasteiger partial charge >= 0.3 is 6.03 Å². The summed E-state index contributed by atoms with van der Waals surface area (Å²) in [6.45, 7) is 4.94. The fraction of sp³-hybridized carbons (Fsp3) is 0.471. The molecular formula is C17H23N5O2. The molecule has 0 unspecified atom stereocenters. The topological polar surface area (TPSA) is 70.5 Å². The molecule has 7 nitrogen and oxygen atoms in total. The average molecular weight is 329 g/mol. The van der Waals surface area contributed by atoms with Gasteiger partial charge in [-0.3, -0.25) is 4.79 Å². The summed E-state index contributed by atoms with van der Waals surface area (Å²) in [5, 5.41) is 2.87. The highest BCUT2D eigenvalue weighted by Gasteiger charge is 2.24. The van der Waals surface area contributed by atoms with E-state index in [-0.39, 0.29) is 11.9 Å². The molecule has 2 heterocycles. The van der Waals surface area contributed by atoms with Crippen LogP contribution >= 0.6 is 0 Å². The van der Waals surface area contributed by atoms with Gasteiger partial charge in [-0.25, -0.2) is 9.78 Å². The molecule has 3 amide bonds. The maximum absolute atomic E-state index is 12.7. The number of aryl methyl sites for hydroxylation is 1. The molecule has 1 N–H and O–H groups in total. The molecular weight excluding hydrogens is 306 g/mol. The Kier molecular flexibility index (Phi) is 4.69. The smallest absolute Gasteiger partial charge is 0.317 e. The molecule has 0 saturated carbocycles. The molecule has 0 aliphatic carbocycles. The minimum Gasteiger partial charge on any atom is -0.338 e. The number of urea groups is 1. The van der Waals surface area contributed by atoms with Crippen molar-refractivity contribution >= 4 is 23.0 Å². The summed E-state index contributed by atoms with van der Waals surface area (Å²) in [5.74, 6) is -0.00355. The quantitative estimate of drug-likeness (QED) is 0.926. The first-order valence-electron chi connectivity index (χ1n) is 8.33. The third-order valence-electron chi connectivity index (χ3n) is 4.35. The lowest BCUT2D eigenvalue weighted by molar-refractivity contribution is 0.0665. The Morgan fingerprint density at radius 2 is 1.88 bits per heavy atom. The van der Waals surface area contributed by atoms with Gasteiger partial charge in [-0.2, -0.15) is 0 Å². The van der Waals surface area contributed by atoms with Crippen LogP contribution in [-0.4, -0.2) is 64.0 Å². The van der Waals surface area contributed by atoms with Gasteiger partial charge in [0, 0.05) is 45.3 Å². The molecule has 7 heteroatoms. The van der Waals surface area contributed by atoms with Crippen LogP contribution < -0.4 is 5.32 Å². The maximum Gasteiger partial charge on any atom is 0.317 e. The van der Waals surface area contributed by atoms with Crippen LogP contribution in [0.1, 0.15) is 23.7 Å². The van der Waals surface area contributed by atoms with Gasteiger partial charge in [0.2, 0.25) is 0 Å². The number of aromatic nitrogens is 2. The standard InChI is InChI=1S/C17H23N5O2/c1-3-6-18-17(24)22-9-7-21(8-10-22)16(23)13-4-5-15-14(11-13)19-12-20(15)2/h4-5,11-12H,3,6-10H2,1-2H3,(H,18,24). The highest BCUT2D eigenvalue weighted by Crippen LogP contribution is 2.16. The van der Waals surface area contributed by atoms with E-state index in [2.05, 4.69) is 10.3 Å². The van der Waals surface area contributed by atoms with E-state index in [0.717, 1.165) is 17.5 Å². The summed E-state index contributed by atoms with van der Waals surface area (Å²) < 4.78 is 1.93. The minimum atomic E-state index is -0.0427. The second-order valence-electron chi connectivity index (χ2n) is 6.07. The lowest BCUT2D eigenvalue weighted by Crippen LogP contribution is -2.53. The second kappa shape index (κ2) is 6.90. The van der Waals surface area contributed by atoms with Crippen LogP contribution in [0.4, 0.5) is 4.79 Å². The highest BCUT2D eigenvalue weighted by atomic mass is 16.2. The third kappa shape index (κ3) is 3.20. The van der Waals surface area contributed by atoms with Crippen molar-refractivity contribution in [3.63, 3.8) is 0 Å². The number of hydrogen-bond acceptors (Lipinski definition) is 3. The van der Waals surface area contributed by atoms with Crippen molar-refractivity contribution in [3.8, 4) is 0 Å². The second-order valence-corrected chi connectivity index (χ2v) is 6.07. The molecule has 3 rings (SSSR count). The zero-order valence-electron chi connectivity index (χ0n) is 14.2. The SMILES string of the molecule is CCCNC(=O)N1CCN(C(=O)c2ccc3c(c2)ncn3C)CC1. The maximum atomic E-state index is 12.7. The van der Waals surface area contributed by atoms with Crippen LogP contribution in [0.25, 0.3) is 11.0 Å². The number of nitrogens with one attached hydrogen (secondary N) is 1. The van der Waals surface area contributed by atoms with Crippen LogP contribution in [0.5, 0.6) is 0 Å². The molecule has 1 saturated heterocycles. The molecule has 128 valence electrons. The van der Waals surface area contributed by atoms with E-state index in [4.69, 9.17) is 0 Å². The molecule has 2 aromatic rings. The van der Waals surface area contributed by atoms with Gasteiger partial charge in [-0.05, 0) is 24.6 Å². The summed E-state index contributed by atoms with van der Waals surface area (Å²) in [4.78, 5) is 32.5. The largest absolute Gasteiger partial charge is 0.338 e. The van der Waals surface area contributed by atoms with Crippen molar-refractivity contribution in [1.29, 1.82) is 0 Å². The lowest BCUT2D eigenvalue weighted by Gasteiger charge is -2.34. The number of piperazine rings is 1. The number of carbonyl (C=O) groups excluding carboxylic acids is 2. The van der Waals surface area contributed by atoms with Gasteiger partial charge < -0.3 is 19.7 Å². The molecule has 1 aliphatic heterocycles. The molecule has 1 aromatic carbocycles. The molecule has 1 aromatic heterocycles. The molecule has 0 bridgehead atoms. The van der Waals surface area contributed by atoms with Gasteiger partial charge in [0.15, 0.2) is 0 Å². The van der Waals surface area contributed by atoms with Crippen molar-refractivity contribution < 1.29 is 9.59 Å². The van der Waals surface area contributed by atoms with Crippen molar-refractivity contribution in [2.75, 3.05) is 32.7 Å². The minimum absolute atomic E-state index is 0.00355. The van der Waals surface area contributed by atoms with Crippen molar-refractivity contribution in [2.24, 2.45) is 7.05 Å². The van der Waals surface area contributed by atoms with Crippen molar-refractivity contribution in [2.45, 2.75) is 13.3 Å². The molecule has 1 fully saturated rings. The Morgan fingerprint density at radius 3 is 2.58 bits per heavy atom. The fourth-order valence-electron chi connectivity index (χ4n) is 2.91. The van der Waals surface area contributed by atoms with Gasteiger partial charge in [-0.1, -0.05) is 6.92 Å². The third-order valence-corrected chi connectivity index (χ3v) is 4.35. The van der Waals surface area contributed by atoms with E-state index in [0.29, 0.717) is 38.3 Å². The average Bonchev–Trinajstić information content (AvgIpc) is 2.99. The Balaban J connectivity index is 1.62. The first-order valence-corrected chi connectivity index (χ1v) is 8.33. The van der Waals surface area contributed by atoms with E-state index >= 15 is 0 Å². The summed E-state index contributed by atoms with van der Waals surface area (Å²) in [6, 6.07) is 5.55. The van der Waals surface area contributed by atoms with E-state index in [1.165, 1.54) is 0 Å². The van der Waals surface area contributed by atoms with E-state index < -0.39 is 0 Å². The fourth-order valence-corrected chi connectivity index (χ4v) is 2.91. The predicted octanol–water partition coefficient (Wildman–Crippen LogP) is 1.45. The molecule has 0 spiro atoms. The molecule has 0 radical (unpaired) electrons. The summed E-state index contributed by atoms with van der Waals surface area (Å²) in [7, 11) is 1.93. The Bertz CT molecular complexity index is 747. The number of nitrogens with zero attached hydrogens (tertiary/aromatic N) is 4. The van der Waals surface area contributed by atoms with Gasteiger partial charge in [-0.15, -0.1) is 0 Å². The number of benzene rings is 1. The monoisotopic (exact) mass is 329 g/mol. The number of rotatable bonds is 3. The predicted molar refractivity (Wildman–Crippen MR) is 91.9 cm³/mol. The van der Waals surface area contributed by atoms with Crippen LogP contribution in [0, 0.1) is 0 Å². The number of imidazole rings is 1. The molecule has 0 atom stereocenters. The summed E-state index contributed by atoms with van der Waals surface area (Å²) in [5.41, 5.74) is 2.47. The van der Waals surface area contributed by atoms with Gasteiger partial charge in [0.1, 0.15) is 0 Å².